The molecule has 18 heavy (non-hydrogen) atoms. The van der Waals surface area contributed by atoms with E-state index >= 15 is 0 Å². The summed E-state index contributed by atoms with van der Waals surface area (Å²) < 4.78 is 1.45. The second kappa shape index (κ2) is 5.17. The van der Waals surface area contributed by atoms with Crippen molar-refractivity contribution in [3.8, 4) is 6.07 Å². The van der Waals surface area contributed by atoms with Crippen molar-refractivity contribution in [3.05, 3.63) is 12.7 Å². The van der Waals surface area contributed by atoms with Crippen molar-refractivity contribution in [1.29, 1.82) is 5.26 Å². The standard InChI is InChI=1S/C12H17N5O/c1-10-2-4-12(7-13,5-3-10)16-11(18)6-17-9-14-8-15-17/h8-10H,2-6H2,1H3,(H,16,18). The Kier molecular flexibility index (Phi) is 3.60. The van der Waals surface area contributed by atoms with Gasteiger partial charge >= 0.3 is 0 Å². The van der Waals surface area contributed by atoms with Gasteiger partial charge in [-0.15, -0.1) is 0 Å². The predicted molar refractivity (Wildman–Crippen MR) is 64.1 cm³/mol. The van der Waals surface area contributed by atoms with E-state index in [0.717, 1.165) is 25.7 Å². The van der Waals surface area contributed by atoms with Crippen molar-refractivity contribution in [2.45, 2.75) is 44.7 Å². The first-order valence-corrected chi connectivity index (χ1v) is 6.18. The van der Waals surface area contributed by atoms with Gasteiger partial charge in [0.2, 0.25) is 5.91 Å². The van der Waals surface area contributed by atoms with E-state index in [1.165, 1.54) is 17.3 Å². The van der Waals surface area contributed by atoms with Crippen LogP contribution in [0.1, 0.15) is 32.6 Å². The second-order valence-corrected chi connectivity index (χ2v) is 5.02. The Morgan fingerprint density at radius 3 is 2.89 bits per heavy atom. The van der Waals surface area contributed by atoms with E-state index in [2.05, 4.69) is 28.4 Å². The quantitative estimate of drug-likeness (QED) is 0.858. The number of nitrogens with zero attached hydrogens (tertiary/aromatic N) is 4. The third-order valence-electron chi connectivity index (χ3n) is 3.49. The summed E-state index contributed by atoms with van der Waals surface area (Å²) in [5, 5.41) is 16.0. The molecule has 1 fully saturated rings. The molecule has 1 aliphatic carbocycles. The number of rotatable bonds is 3. The van der Waals surface area contributed by atoms with E-state index in [9.17, 15) is 10.1 Å². The van der Waals surface area contributed by atoms with Crippen molar-refractivity contribution in [2.75, 3.05) is 0 Å². The molecule has 0 atom stereocenters. The minimum Gasteiger partial charge on any atom is -0.336 e. The molecule has 0 spiro atoms. The molecular weight excluding hydrogens is 230 g/mol. The molecule has 0 saturated heterocycles. The molecule has 1 aromatic heterocycles. The van der Waals surface area contributed by atoms with Gasteiger partial charge in [-0.05, 0) is 31.6 Å². The van der Waals surface area contributed by atoms with E-state index in [1.807, 2.05) is 0 Å². The maximum atomic E-state index is 11.9. The van der Waals surface area contributed by atoms with E-state index in [0.29, 0.717) is 5.92 Å². The van der Waals surface area contributed by atoms with Crippen LogP contribution in [-0.4, -0.2) is 26.2 Å². The van der Waals surface area contributed by atoms with E-state index in [4.69, 9.17) is 0 Å². The van der Waals surface area contributed by atoms with Crippen LogP contribution in [-0.2, 0) is 11.3 Å². The molecule has 6 nitrogen and oxygen atoms in total. The Bertz CT molecular complexity index is 440. The van der Waals surface area contributed by atoms with Crippen molar-refractivity contribution in [1.82, 2.24) is 20.1 Å². The fourth-order valence-corrected chi connectivity index (χ4v) is 2.29. The summed E-state index contributed by atoms with van der Waals surface area (Å²) in [5.41, 5.74) is -0.690. The summed E-state index contributed by atoms with van der Waals surface area (Å²) in [6.45, 7) is 2.29. The molecule has 0 aromatic carbocycles. The van der Waals surface area contributed by atoms with Crippen LogP contribution in [0.5, 0.6) is 0 Å². The number of nitrogens with one attached hydrogen (secondary N) is 1. The lowest BCUT2D eigenvalue weighted by molar-refractivity contribution is -0.123. The van der Waals surface area contributed by atoms with Gasteiger partial charge in [0.15, 0.2) is 0 Å². The molecule has 1 heterocycles. The van der Waals surface area contributed by atoms with Crippen molar-refractivity contribution < 1.29 is 4.79 Å². The maximum Gasteiger partial charge on any atom is 0.243 e. The molecule has 1 amide bonds. The number of nitriles is 1. The molecule has 0 unspecified atom stereocenters. The highest BCUT2D eigenvalue weighted by molar-refractivity contribution is 5.77. The van der Waals surface area contributed by atoms with Crippen molar-refractivity contribution >= 4 is 5.91 Å². The minimum atomic E-state index is -0.690. The van der Waals surface area contributed by atoms with Gasteiger partial charge in [-0.1, -0.05) is 6.92 Å². The molecule has 0 aliphatic heterocycles. The largest absolute Gasteiger partial charge is 0.336 e. The monoisotopic (exact) mass is 247 g/mol. The summed E-state index contributed by atoms with van der Waals surface area (Å²) >= 11 is 0. The average molecular weight is 247 g/mol. The predicted octanol–water partition coefficient (Wildman–Crippen LogP) is 0.867. The number of amides is 1. The average Bonchev–Trinajstić information content (AvgIpc) is 2.85. The number of carbonyl (C=O) groups excluding carboxylic acids is 1. The van der Waals surface area contributed by atoms with Gasteiger partial charge in [0.05, 0.1) is 6.07 Å². The lowest BCUT2D eigenvalue weighted by atomic mass is 9.78. The minimum absolute atomic E-state index is 0.110. The highest BCUT2D eigenvalue weighted by atomic mass is 16.2. The summed E-state index contributed by atoms with van der Waals surface area (Å²) in [5.74, 6) is 0.454. The second-order valence-electron chi connectivity index (χ2n) is 5.02. The molecule has 1 N–H and O–H groups in total. The first-order chi connectivity index (χ1) is 8.63. The summed E-state index contributed by atoms with van der Waals surface area (Å²) in [6, 6.07) is 2.27. The fraction of sp³-hybridized carbons (Fsp3) is 0.667. The summed E-state index contributed by atoms with van der Waals surface area (Å²) in [7, 11) is 0. The molecule has 0 bridgehead atoms. The summed E-state index contributed by atoms with van der Waals surface area (Å²) in [4.78, 5) is 15.6. The van der Waals surface area contributed by atoms with Crippen LogP contribution >= 0.6 is 0 Å². The molecule has 6 heteroatoms. The molecule has 2 rings (SSSR count). The van der Waals surface area contributed by atoms with Crippen molar-refractivity contribution in [3.63, 3.8) is 0 Å². The van der Waals surface area contributed by atoms with Crippen LogP contribution in [0.4, 0.5) is 0 Å². The Balaban J connectivity index is 1.94. The van der Waals surface area contributed by atoms with E-state index < -0.39 is 5.54 Å². The highest BCUT2D eigenvalue weighted by Crippen LogP contribution is 2.31. The molecule has 96 valence electrons. The van der Waals surface area contributed by atoms with Crippen LogP contribution in [0.2, 0.25) is 0 Å². The topological polar surface area (TPSA) is 83.6 Å². The lowest BCUT2D eigenvalue weighted by Crippen LogP contribution is -2.50. The molecular formula is C12H17N5O. The molecule has 1 saturated carbocycles. The third kappa shape index (κ3) is 2.86. The van der Waals surface area contributed by atoms with Crippen LogP contribution in [0.15, 0.2) is 12.7 Å². The number of hydrogen-bond acceptors (Lipinski definition) is 4. The molecule has 1 aliphatic rings. The van der Waals surface area contributed by atoms with E-state index in [1.54, 1.807) is 0 Å². The van der Waals surface area contributed by atoms with Crippen molar-refractivity contribution in [2.24, 2.45) is 5.92 Å². The van der Waals surface area contributed by atoms with Crippen LogP contribution in [0.3, 0.4) is 0 Å². The SMILES string of the molecule is CC1CCC(C#N)(NC(=O)Cn2cncn2)CC1. The van der Waals surface area contributed by atoms with Crippen LogP contribution < -0.4 is 5.32 Å². The first-order valence-electron chi connectivity index (χ1n) is 6.18. The van der Waals surface area contributed by atoms with Gasteiger partial charge in [-0.2, -0.15) is 10.4 Å². The summed E-state index contributed by atoms with van der Waals surface area (Å²) in [6.07, 6.45) is 6.30. The Morgan fingerprint density at radius 1 is 1.61 bits per heavy atom. The molecule has 1 aromatic rings. The Morgan fingerprint density at radius 2 is 2.33 bits per heavy atom. The zero-order valence-corrected chi connectivity index (χ0v) is 10.5. The normalized spacial score (nSPS) is 27.4. The number of hydrogen-bond donors (Lipinski definition) is 1. The van der Waals surface area contributed by atoms with Gasteiger partial charge in [0.25, 0.3) is 0 Å². The van der Waals surface area contributed by atoms with Gasteiger partial charge in [-0.25, -0.2) is 9.67 Å². The zero-order chi connectivity index (χ0) is 13.0. The Labute approximate surface area is 106 Å². The van der Waals surface area contributed by atoms with Gasteiger partial charge in [-0.3, -0.25) is 4.79 Å². The number of carbonyl (C=O) groups is 1. The lowest BCUT2D eigenvalue weighted by Gasteiger charge is -2.34. The maximum absolute atomic E-state index is 11.9. The highest BCUT2D eigenvalue weighted by Gasteiger charge is 2.35. The molecule has 0 radical (unpaired) electrons. The third-order valence-corrected chi connectivity index (χ3v) is 3.49. The number of aromatic nitrogens is 3. The zero-order valence-electron chi connectivity index (χ0n) is 10.5. The van der Waals surface area contributed by atoms with E-state index in [-0.39, 0.29) is 12.5 Å². The Hall–Kier alpha value is -1.90. The fourth-order valence-electron chi connectivity index (χ4n) is 2.29. The van der Waals surface area contributed by atoms with Gasteiger partial charge < -0.3 is 5.32 Å². The van der Waals surface area contributed by atoms with Gasteiger partial charge in [0.1, 0.15) is 24.7 Å². The van der Waals surface area contributed by atoms with Gasteiger partial charge in [0, 0.05) is 0 Å². The smallest absolute Gasteiger partial charge is 0.243 e. The van der Waals surface area contributed by atoms with Crippen LogP contribution in [0, 0.1) is 17.2 Å². The van der Waals surface area contributed by atoms with Crippen LogP contribution in [0.25, 0.3) is 0 Å². The first kappa shape index (κ1) is 12.6.